The molecule has 11 heteroatoms. The molecule has 0 unspecified atom stereocenters. The summed E-state index contributed by atoms with van der Waals surface area (Å²) >= 11 is 0. The maximum Gasteiger partial charge on any atom is 0.416 e. The lowest BCUT2D eigenvalue weighted by Gasteiger charge is -2.27. The molecule has 124 valence electrons. The highest BCUT2D eigenvalue weighted by molar-refractivity contribution is 5.83. The van der Waals surface area contributed by atoms with Gasteiger partial charge in [-0.3, -0.25) is 25.0 Å². The van der Waals surface area contributed by atoms with E-state index < -0.39 is 38.6 Å². The van der Waals surface area contributed by atoms with Gasteiger partial charge >= 0.3 is 6.18 Å². The molecule has 0 N–H and O–H groups in total. The Morgan fingerprint density at radius 3 is 1.78 bits per heavy atom. The van der Waals surface area contributed by atoms with Crippen molar-refractivity contribution in [2.24, 2.45) is 0 Å². The molecule has 23 heavy (non-hydrogen) atoms. The van der Waals surface area contributed by atoms with E-state index >= 15 is 0 Å². The molecule has 0 bridgehead atoms. The number of benzene rings is 1. The van der Waals surface area contributed by atoms with Crippen LogP contribution >= 0.6 is 0 Å². The number of halogens is 3. The van der Waals surface area contributed by atoms with E-state index in [2.05, 4.69) is 0 Å². The minimum Gasteiger partial charge on any atom is -0.359 e. The molecule has 0 aliphatic carbocycles. The summed E-state index contributed by atoms with van der Waals surface area (Å²) in [6, 6.07) is 0.553. The Balaban J connectivity index is 2.65. The number of nitrogens with zero attached hydrogens (tertiary/aromatic N) is 3. The predicted octanol–water partition coefficient (Wildman–Crippen LogP) is 2.69. The molecule has 8 nitrogen and oxygen atoms in total. The first-order valence-electron chi connectivity index (χ1n) is 6.42. The lowest BCUT2D eigenvalue weighted by atomic mass is 10.1. The van der Waals surface area contributed by atoms with Gasteiger partial charge in [-0.1, -0.05) is 0 Å². The Morgan fingerprint density at radius 2 is 1.43 bits per heavy atom. The average molecular weight is 333 g/mol. The second kappa shape index (κ2) is 5.82. The third kappa shape index (κ3) is 3.38. The zero-order valence-electron chi connectivity index (χ0n) is 11.5. The zero-order valence-corrected chi connectivity index (χ0v) is 11.5. The SMILES string of the molecule is O=C1CCN(c2c([N+](=O)[O-])cc(C(F)(F)F)cc2[N+](=O)[O-])CC1. The molecular formula is C12H10F3N3O5. The molecule has 1 aliphatic heterocycles. The molecule has 2 rings (SSSR count). The van der Waals surface area contributed by atoms with E-state index in [-0.39, 0.29) is 43.8 Å². The maximum absolute atomic E-state index is 12.8. The van der Waals surface area contributed by atoms with Crippen LogP contribution in [0.3, 0.4) is 0 Å². The van der Waals surface area contributed by atoms with Crippen molar-refractivity contribution < 1.29 is 27.8 Å². The van der Waals surface area contributed by atoms with E-state index in [4.69, 9.17) is 0 Å². The van der Waals surface area contributed by atoms with Crippen LogP contribution in [-0.2, 0) is 11.0 Å². The highest BCUT2D eigenvalue weighted by Crippen LogP contribution is 2.43. The molecular weight excluding hydrogens is 323 g/mol. The van der Waals surface area contributed by atoms with Crippen LogP contribution in [0, 0.1) is 20.2 Å². The summed E-state index contributed by atoms with van der Waals surface area (Å²) in [5, 5.41) is 22.2. The van der Waals surface area contributed by atoms with Gasteiger partial charge in [0.05, 0.1) is 15.4 Å². The van der Waals surface area contributed by atoms with Crippen molar-refractivity contribution in [1.29, 1.82) is 0 Å². The van der Waals surface area contributed by atoms with Crippen molar-refractivity contribution in [1.82, 2.24) is 0 Å². The number of rotatable bonds is 3. The lowest BCUT2D eigenvalue weighted by Crippen LogP contribution is -2.34. The predicted molar refractivity (Wildman–Crippen MR) is 71.2 cm³/mol. The fourth-order valence-corrected chi connectivity index (χ4v) is 2.35. The second-order valence-electron chi connectivity index (χ2n) is 4.90. The highest BCUT2D eigenvalue weighted by atomic mass is 19.4. The monoisotopic (exact) mass is 333 g/mol. The van der Waals surface area contributed by atoms with E-state index in [9.17, 15) is 38.2 Å². The third-order valence-electron chi connectivity index (χ3n) is 3.43. The van der Waals surface area contributed by atoms with Crippen molar-refractivity contribution in [3.8, 4) is 0 Å². The number of nitro benzene ring substituents is 2. The van der Waals surface area contributed by atoms with Gasteiger partial charge in [-0.15, -0.1) is 0 Å². The van der Waals surface area contributed by atoms with Crippen LogP contribution in [0.1, 0.15) is 18.4 Å². The highest BCUT2D eigenvalue weighted by Gasteiger charge is 2.39. The number of carbonyl (C=O) groups excluding carboxylic acids is 1. The van der Waals surface area contributed by atoms with Gasteiger partial charge in [-0.05, 0) is 0 Å². The number of Topliss-reactive ketones (excluding diaryl/α,β-unsaturated/α-hetero) is 1. The van der Waals surface area contributed by atoms with E-state index in [1.54, 1.807) is 0 Å². The lowest BCUT2D eigenvalue weighted by molar-refractivity contribution is -0.393. The van der Waals surface area contributed by atoms with E-state index in [1.165, 1.54) is 4.90 Å². The molecule has 1 aromatic rings. The van der Waals surface area contributed by atoms with Crippen molar-refractivity contribution in [2.75, 3.05) is 18.0 Å². The fourth-order valence-electron chi connectivity index (χ4n) is 2.35. The quantitative estimate of drug-likeness (QED) is 0.622. The second-order valence-corrected chi connectivity index (χ2v) is 4.90. The largest absolute Gasteiger partial charge is 0.416 e. The molecule has 0 spiro atoms. The molecule has 1 saturated heterocycles. The van der Waals surface area contributed by atoms with Crippen molar-refractivity contribution in [3.05, 3.63) is 37.9 Å². The summed E-state index contributed by atoms with van der Waals surface area (Å²) in [6.45, 7) is -0.0439. The summed E-state index contributed by atoms with van der Waals surface area (Å²) in [7, 11) is 0. The van der Waals surface area contributed by atoms with Gasteiger partial charge in [-0.2, -0.15) is 13.2 Å². The molecule has 1 aromatic carbocycles. The summed E-state index contributed by atoms with van der Waals surface area (Å²) < 4.78 is 38.4. The van der Waals surface area contributed by atoms with Crippen LogP contribution in [-0.4, -0.2) is 28.7 Å². The molecule has 0 saturated carbocycles. The standard InChI is InChI=1S/C12H10F3N3O5/c13-12(14,15)7-5-9(17(20)21)11(10(6-7)18(22)23)16-3-1-8(19)2-4-16/h5-6H,1-4H2. The minimum atomic E-state index is -4.95. The number of alkyl halides is 3. The minimum absolute atomic E-state index is 0.0219. The van der Waals surface area contributed by atoms with Crippen LogP contribution < -0.4 is 4.90 Å². The number of anilines is 1. The van der Waals surface area contributed by atoms with Crippen LogP contribution in [0.4, 0.5) is 30.2 Å². The topological polar surface area (TPSA) is 107 Å². The summed E-state index contributed by atoms with van der Waals surface area (Å²) in [4.78, 5) is 32.5. The first kappa shape index (κ1) is 16.6. The smallest absolute Gasteiger partial charge is 0.359 e. The van der Waals surface area contributed by atoms with Crippen LogP contribution in [0.15, 0.2) is 12.1 Å². The molecule has 0 radical (unpaired) electrons. The number of carbonyl (C=O) groups is 1. The Labute approximate surface area is 126 Å². The third-order valence-corrected chi connectivity index (χ3v) is 3.43. The van der Waals surface area contributed by atoms with Gasteiger partial charge < -0.3 is 4.90 Å². The summed E-state index contributed by atoms with van der Waals surface area (Å²) in [5.41, 5.74) is -3.96. The van der Waals surface area contributed by atoms with E-state index in [0.29, 0.717) is 0 Å². The van der Waals surface area contributed by atoms with Gasteiger partial charge in [0.1, 0.15) is 5.78 Å². The summed E-state index contributed by atoms with van der Waals surface area (Å²) in [6.07, 6.45) is -4.91. The molecule has 1 fully saturated rings. The average Bonchev–Trinajstić information content (AvgIpc) is 2.45. The fraction of sp³-hybridized carbons (Fsp3) is 0.417. The summed E-state index contributed by atoms with van der Waals surface area (Å²) in [5.74, 6) is -0.113. The molecule has 1 aliphatic rings. The van der Waals surface area contributed by atoms with E-state index in [1.807, 2.05) is 0 Å². The van der Waals surface area contributed by atoms with Gasteiger partial charge in [0.2, 0.25) is 0 Å². The van der Waals surface area contributed by atoms with Crippen molar-refractivity contribution >= 4 is 22.8 Å². The molecule has 0 aromatic heterocycles. The van der Waals surface area contributed by atoms with Gasteiger partial charge in [0.15, 0.2) is 5.69 Å². The van der Waals surface area contributed by atoms with Crippen LogP contribution in [0.25, 0.3) is 0 Å². The first-order valence-corrected chi connectivity index (χ1v) is 6.42. The van der Waals surface area contributed by atoms with Gasteiger partial charge in [0, 0.05) is 38.1 Å². The Bertz CT molecular complexity index is 644. The zero-order chi connectivity index (χ0) is 17.4. The maximum atomic E-state index is 12.8. The van der Waals surface area contributed by atoms with Crippen LogP contribution in [0.5, 0.6) is 0 Å². The van der Waals surface area contributed by atoms with Crippen molar-refractivity contribution in [3.63, 3.8) is 0 Å². The Hall–Kier alpha value is -2.72. The Kier molecular flexibility index (Phi) is 4.21. The normalized spacial score (nSPS) is 15.6. The van der Waals surface area contributed by atoms with Crippen molar-refractivity contribution in [2.45, 2.75) is 19.0 Å². The van der Waals surface area contributed by atoms with Gasteiger partial charge in [0.25, 0.3) is 11.4 Å². The first-order chi connectivity index (χ1) is 10.6. The van der Waals surface area contributed by atoms with Gasteiger partial charge in [-0.25, -0.2) is 0 Å². The van der Waals surface area contributed by atoms with E-state index in [0.717, 1.165) is 0 Å². The number of hydrogen-bond donors (Lipinski definition) is 0. The number of ketones is 1. The van der Waals surface area contributed by atoms with Crippen LogP contribution in [0.2, 0.25) is 0 Å². The number of piperidine rings is 1. The Morgan fingerprint density at radius 1 is 1.00 bits per heavy atom. The number of hydrogen-bond acceptors (Lipinski definition) is 6. The number of nitro groups is 2. The molecule has 0 atom stereocenters. The molecule has 0 amide bonds. The molecule has 1 heterocycles.